The molecule has 2 rings (SSSR count). The molecule has 0 bridgehead atoms. The number of hydrogen-bond acceptors (Lipinski definition) is 5. The van der Waals surface area contributed by atoms with Crippen molar-refractivity contribution in [3.05, 3.63) is 30.5 Å². The molecule has 0 aliphatic rings. The van der Waals surface area contributed by atoms with Gasteiger partial charge in [-0.3, -0.25) is 0 Å². The first-order valence-electron chi connectivity index (χ1n) is 4.57. The third kappa shape index (κ3) is 2.44. The number of aromatic nitrogens is 2. The molecule has 0 aliphatic carbocycles. The van der Waals surface area contributed by atoms with Crippen molar-refractivity contribution < 1.29 is 0 Å². The largest absolute Gasteiger partial charge is 0.378 e. The Balaban J connectivity index is 2.11. The summed E-state index contributed by atoms with van der Waals surface area (Å²) >= 11 is 1.35. The first kappa shape index (κ1) is 9.92. The predicted molar refractivity (Wildman–Crippen MR) is 64.0 cm³/mol. The van der Waals surface area contributed by atoms with Gasteiger partial charge in [0.25, 0.3) is 0 Å². The summed E-state index contributed by atoms with van der Waals surface area (Å²) in [6.07, 6.45) is 1.71. The van der Waals surface area contributed by atoms with Crippen molar-refractivity contribution in [2.24, 2.45) is 0 Å². The first-order valence-corrected chi connectivity index (χ1v) is 5.35. The molecular weight excluding hydrogens is 208 g/mol. The van der Waals surface area contributed by atoms with Crippen LogP contribution in [0.25, 0.3) is 0 Å². The lowest BCUT2D eigenvalue weighted by molar-refractivity contribution is 1.13. The molecule has 0 fully saturated rings. The van der Waals surface area contributed by atoms with Crippen molar-refractivity contribution in [1.29, 1.82) is 0 Å². The molecule has 15 heavy (non-hydrogen) atoms. The second kappa shape index (κ2) is 4.27. The Bertz CT molecular complexity index is 407. The van der Waals surface area contributed by atoms with Crippen LogP contribution in [0.1, 0.15) is 0 Å². The quantitative estimate of drug-likeness (QED) is 0.862. The van der Waals surface area contributed by atoms with Crippen molar-refractivity contribution in [3.8, 4) is 0 Å². The first-order chi connectivity index (χ1) is 7.25. The van der Waals surface area contributed by atoms with E-state index < -0.39 is 0 Å². The van der Waals surface area contributed by atoms with Crippen molar-refractivity contribution in [2.75, 3.05) is 24.3 Å². The molecule has 0 saturated heterocycles. The molecule has 4 nitrogen and oxygen atoms in total. The van der Waals surface area contributed by atoms with Gasteiger partial charge in [0.2, 0.25) is 0 Å². The van der Waals surface area contributed by atoms with E-state index in [1.54, 1.807) is 6.20 Å². The topological polar surface area (TPSA) is 41.0 Å². The molecular formula is C10H12N4S. The zero-order valence-corrected chi connectivity index (χ0v) is 9.45. The van der Waals surface area contributed by atoms with E-state index in [1.165, 1.54) is 17.2 Å². The molecule has 5 heteroatoms. The van der Waals surface area contributed by atoms with Gasteiger partial charge in [0.05, 0.1) is 6.20 Å². The molecule has 0 aliphatic heterocycles. The molecule has 1 N–H and O–H groups in total. The van der Waals surface area contributed by atoms with Crippen LogP contribution < -0.4 is 10.2 Å². The van der Waals surface area contributed by atoms with E-state index in [0.29, 0.717) is 0 Å². The van der Waals surface area contributed by atoms with E-state index in [9.17, 15) is 0 Å². The highest BCUT2D eigenvalue weighted by Gasteiger charge is 1.98. The van der Waals surface area contributed by atoms with Crippen LogP contribution in [0, 0.1) is 0 Å². The van der Waals surface area contributed by atoms with Crippen LogP contribution in [-0.4, -0.2) is 23.7 Å². The summed E-state index contributed by atoms with van der Waals surface area (Å²) in [7, 11) is 4.05. The number of anilines is 3. The average molecular weight is 220 g/mol. The fraction of sp³-hybridized carbons (Fsp3) is 0.200. The summed E-state index contributed by atoms with van der Waals surface area (Å²) in [4.78, 5) is 2.07. The highest BCUT2D eigenvalue weighted by molar-refractivity contribution is 7.09. The average Bonchev–Trinajstić information content (AvgIpc) is 2.71. The summed E-state index contributed by atoms with van der Waals surface area (Å²) in [5.41, 5.74) is 2.23. The fourth-order valence-corrected chi connectivity index (χ4v) is 1.65. The van der Waals surface area contributed by atoms with Gasteiger partial charge in [0.15, 0.2) is 0 Å². The van der Waals surface area contributed by atoms with E-state index in [4.69, 9.17) is 0 Å². The van der Waals surface area contributed by atoms with Gasteiger partial charge in [-0.05, 0) is 24.3 Å². The Morgan fingerprint density at radius 3 is 2.47 bits per heavy atom. The van der Waals surface area contributed by atoms with Crippen molar-refractivity contribution in [2.45, 2.75) is 0 Å². The molecule has 1 aromatic heterocycles. The van der Waals surface area contributed by atoms with Gasteiger partial charge in [-0.2, -0.15) is 0 Å². The molecule has 1 aromatic carbocycles. The lowest BCUT2D eigenvalue weighted by atomic mass is 10.2. The maximum atomic E-state index is 3.79. The van der Waals surface area contributed by atoms with E-state index in [2.05, 4.69) is 31.9 Å². The van der Waals surface area contributed by atoms with Crippen molar-refractivity contribution in [1.82, 2.24) is 9.59 Å². The number of hydrogen-bond donors (Lipinski definition) is 1. The molecule has 0 spiro atoms. The maximum Gasteiger partial charge on any atom is 0.134 e. The summed E-state index contributed by atoms with van der Waals surface area (Å²) in [5, 5.41) is 7.94. The maximum absolute atomic E-state index is 3.79. The zero-order valence-electron chi connectivity index (χ0n) is 8.64. The number of rotatable bonds is 3. The SMILES string of the molecule is CN(C)c1ccc(Nc2cnns2)cc1. The van der Waals surface area contributed by atoms with Gasteiger partial charge >= 0.3 is 0 Å². The summed E-state index contributed by atoms with van der Waals surface area (Å²) in [6.45, 7) is 0. The Kier molecular flexibility index (Phi) is 2.82. The van der Waals surface area contributed by atoms with E-state index in [0.717, 1.165) is 10.7 Å². The van der Waals surface area contributed by atoms with Gasteiger partial charge in [-0.1, -0.05) is 4.49 Å². The summed E-state index contributed by atoms with van der Waals surface area (Å²) in [5.74, 6) is 0. The van der Waals surface area contributed by atoms with Crippen LogP contribution in [0.5, 0.6) is 0 Å². The molecule has 78 valence electrons. The molecule has 0 atom stereocenters. The summed E-state index contributed by atoms with van der Waals surface area (Å²) in [6, 6.07) is 8.21. The fourth-order valence-electron chi connectivity index (χ4n) is 1.21. The smallest absolute Gasteiger partial charge is 0.134 e. The molecule has 0 unspecified atom stereocenters. The Morgan fingerprint density at radius 1 is 1.20 bits per heavy atom. The Morgan fingerprint density at radius 2 is 1.93 bits per heavy atom. The normalized spacial score (nSPS) is 10.0. The van der Waals surface area contributed by atoms with Gasteiger partial charge in [-0.15, -0.1) is 5.10 Å². The molecule has 0 saturated carbocycles. The number of nitrogens with zero attached hydrogens (tertiary/aromatic N) is 3. The lowest BCUT2D eigenvalue weighted by Gasteiger charge is -2.12. The molecule has 2 aromatic rings. The van der Waals surface area contributed by atoms with Gasteiger partial charge in [0, 0.05) is 37.0 Å². The van der Waals surface area contributed by atoms with E-state index in [1.807, 2.05) is 26.2 Å². The van der Waals surface area contributed by atoms with Gasteiger partial charge in [-0.25, -0.2) is 0 Å². The number of nitrogens with one attached hydrogen (secondary N) is 1. The lowest BCUT2D eigenvalue weighted by Crippen LogP contribution is -2.08. The van der Waals surface area contributed by atoms with E-state index in [-0.39, 0.29) is 0 Å². The third-order valence-corrected chi connectivity index (χ3v) is 2.59. The second-order valence-electron chi connectivity index (χ2n) is 3.35. The summed E-state index contributed by atoms with van der Waals surface area (Å²) < 4.78 is 3.79. The van der Waals surface area contributed by atoms with Crippen LogP contribution in [0.2, 0.25) is 0 Å². The Labute approximate surface area is 92.7 Å². The highest BCUT2D eigenvalue weighted by Crippen LogP contribution is 2.20. The number of benzene rings is 1. The predicted octanol–water partition coefficient (Wildman–Crippen LogP) is 2.35. The van der Waals surface area contributed by atoms with Gasteiger partial charge < -0.3 is 10.2 Å². The van der Waals surface area contributed by atoms with Crippen LogP contribution in [0.4, 0.5) is 16.4 Å². The van der Waals surface area contributed by atoms with Crippen LogP contribution in [0.3, 0.4) is 0 Å². The zero-order chi connectivity index (χ0) is 10.7. The minimum Gasteiger partial charge on any atom is -0.378 e. The van der Waals surface area contributed by atoms with Crippen molar-refractivity contribution in [3.63, 3.8) is 0 Å². The van der Waals surface area contributed by atoms with E-state index >= 15 is 0 Å². The van der Waals surface area contributed by atoms with Gasteiger partial charge in [0.1, 0.15) is 5.00 Å². The highest BCUT2D eigenvalue weighted by atomic mass is 32.1. The third-order valence-electron chi connectivity index (χ3n) is 2.01. The van der Waals surface area contributed by atoms with Crippen LogP contribution in [-0.2, 0) is 0 Å². The van der Waals surface area contributed by atoms with Crippen molar-refractivity contribution >= 4 is 27.9 Å². The monoisotopic (exact) mass is 220 g/mol. The molecule has 1 heterocycles. The Hall–Kier alpha value is -1.62. The van der Waals surface area contributed by atoms with Crippen LogP contribution >= 0.6 is 11.5 Å². The second-order valence-corrected chi connectivity index (χ2v) is 4.13. The minimum atomic E-state index is 0.951. The molecule has 0 radical (unpaired) electrons. The molecule has 0 amide bonds. The van der Waals surface area contributed by atoms with Crippen LogP contribution in [0.15, 0.2) is 30.5 Å². The standard InChI is InChI=1S/C10H12N4S/c1-14(2)9-5-3-8(4-6-9)12-10-7-11-13-15-10/h3-7,12H,1-2H3. The minimum absolute atomic E-state index is 0.951.